The van der Waals surface area contributed by atoms with Gasteiger partial charge < -0.3 is 5.32 Å². The number of aryl methyl sites for hydroxylation is 2. The predicted octanol–water partition coefficient (Wildman–Crippen LogP) is 1.50. The summed E-state index contributed by atoms with van der Waals surface area (Å²) in [5.74, 6) is 0. The third kappa shape index (κ3) is 4.81. The van der Waals surface area contributed by atoms with Crippen LogP contribution in [-0.4, -0.2) is 39.9 Å². The van der Waals surface area contributed by atoms with E-state index in [2.05, 4.69) is 10.0 Å². The van der Waals surface area contributed by atoms with Crippen molar-refractivity contribution in [1.82, 2.24) is 9.62 Å². The first-order chi connectivity index (χ1) is 8.86. The molecule has 1 rings (SSSR count). The first-order valence-corrected chi connectivity index (χ1v) is 7.77. The molecule has 0 saturated heterocycles. The summed E-state index contributed by atoms with van der Waals surface area (Å²) in [5, 5.41) is 3.00. The molecule has 5 nitrogen and oxygen atoms in total. The van der Waals surface area contributed by atoms with E-state index in [1.54, 1.807) is 13.1 Å². The second kappa shape index (κ2) is 6.88. The van der Waals surface area contributed by atoms with Crippen LogP contribution in [0, 0.1) is 13.8 Å². The summed E-state index contributed by atoms with van der Waals surface area (Å²) in [5.41, 5.74) is 2.67. The van der Waals surface area contributed by atoms with Crippen LogP contribution in [0.5, 0.6) is 0 Å². The first kappa shape index (κ1) is 15.9. The fraction of sp³-hybridized carbons (Fsp3) is 0.538. The zero-order chi connectivity index (χ0) is 14.5. The average Bonchev–Trinajstić information content (AvgIpc) is 2.33. The number of hydrogen-bond donors (Lipinski definition) is 2. The Labute approximate surface area is 116 Å². The number of benzene rings is 1. The highest BCUT2D eigenvalue weighted by Crippen LogP contribution is 2.18. The Hall–Kier alpha value is -1.11. The van der Waals surface area contributed by atoms with Gasteiger partial charge in [-0.3, -0.25) is 4.72 Å². The van der Waals surface area contributed by atoms with Crippen molar-refractivity contribution in [2.24, 2.45) is 0 Å². The summed E-state index contributed by atoms with van der Waals surface area (Å²) in [6, 6.07) is 5.65. The van der Waals surface area contributed by atoms with E-state index in [4.69, 9.17) is 0 Å². The van der Waals surface area contributed by atoms with Crippen molar-refractivity contribution in [1.29, 1.82) is 0 Å². The van der Waals surface area contributed by atoms with Crippen molar-refractivity contribution in [3.05, 3.63) is 29.3 Å². The lowest BCUT2D eigenvalue weighted by molar-refractivity contribution is 0.462. The van der Waals surface area contributed by atoms with Gasteiger partial charge >= 0.3 is 10.2 Å². The molecule has 108 valence electrons. The van der Waals surface area contributed by atoms with Gasteiger partial charge in [0, 0.05) is 13.6 Å². The van der Waals surface area contributed by atoms with Crippen LogP contribution in [0.25, 0.3) is 0 Å². The van der Waals surface area contributed by atoms with Gasteiger partial charge in [-0.1, -0.05) is 17.7 Å². The van der Waals surface area contributed by atoms with E-state index in [0.717, 1.165) is 24.1 Å². The molecule has 0 spiro atoms. The van der Waals surface area contributed by atoms with Crippen molar-refractivity contribution >= 4 is 15.9 Å². The Morgan fingerprint density at radius 3 is 2.53 bits per heavy atom. The fourth-order valence-corrected chi connectivity index (χ4v) is 2.78. The molecule has 0 unspecified atom stereocenters. The van der Waals surface area contributed by atoms with Crippen LogP contribution in [0.1, 0.15) is 17.5 Å². The van der Waals surface area contributed by atoms with Gasteiger partial charge in [-0.15, -0.1) is 0 Å². The van der Waals surface area contributed by atoms with E-state index in [1.807, 2.05) is 33.0 Å². The molecule has 0 aliphatic rings. The minimum Gasteiger partial charge on any atom is -0.320 e. The van der Waals surface area contributed by atoms with Gasteiger partial charge in [-0.25, -0.2) is 0 Å². The molecule has 0 fully saturated rings. The summed E-state index contributed by atoms with van der Waals surface area (Å²) < 4.78 is 28.2. The Bertz CT molecular complexity index is 515. The van der Waals surface area contributed by atoms with Gasteiger partial charge in [-0.05, 0) is 45.5 Å². The smallest absolute Gasteiger partial charge is 0.301 e. The highest BCUT2D eigenvalue weighted by molar-refractivity contribution is 7.90. The third-order valence-electron chi connectivity index (χ3n) is 2.93. The first-order valence-electron chi connectivity index (χ1n) is 6.33. The summed E-state index contributed by atoms with van der Waals surface area (Å²) in [7, 11) is -0.0391. The molecule has 1 aromatic carbocycles. The number of hydrogen-bond acceptors (Lipinski definition) is 3. The second-order valence-electron chi connectivity index (χ2n) is 4.70. The molecule has 2 N–H and O–H groups in total. The number of anilines is 1. The zero-order valence-electron chi connectivity index (χ0n) is 12.0. The lowest BCUT2D eigenvalue weighted by Gasteiger charge is -2.19. The molecule has 6 heteroatoms. The van der Waals surface area contributed by atoms with Gasteiger partial charge in [-0.2, -0.15) is 12.7 Å². The van der Waals surface area contributed by atoms with Gasteiger partial charge in [0.1, 0.15) is 0 Å². The van der Waals surface area contributed by atoms with Crippen molar-refractivity contribution in [2.45, 2.75) is 20.3 Å². The Kier molecular flexibility index (Phi) is 5.78. The normalized spacial score (nSPS) is 11.8. The molecule has 19 heavy (non-hydrogen) atoms. The zero-order valence-corrected chi connectivity index (χ0v) is 12.8. The van der Waals surface area contributed by atoms with Crippen molar-refractivity contribution < 1.29 is 8.42 Å². The Morgan fingerprint density at radius 2 is 1.95 bits per heavy atom. The molecular formula is C13H23N3O2S. The quantitative estimate of drug-likeness (QED) is 0.746. The summed E-state index contributed by atoms with van der Waals surface area (Å²) >= 11 is 0. The van der Waals surface area contributed by atoms with Crippen LogP contribution in [0.2, 0.25) is 0 Å². The van der Waals surface area contributed by atoms with Crippen molar-refractivity contribution in [3.8, 4) is 0 Å². The minimum atomic E-state index is -3.47. The van der Waals surface area contributed by atoms with Crippen LogP contribution in [0.15, 0.2) is 18.2 Å². The summed E-state index contributed by atoms with van der Waals surface area (Å²) in [6.07, 6.45) is 0.779. The minimum absolute atomic E-state index is 0.487. The monoisotopic (exact) mass is 285 g/mol. The lowest BCUT2D eigenvalue weighted by atomic mass is 10.1. The SMILES string of the molecule is CNCCCN(C)S(=O)(=O)Nc1ccc(C)cc1C. The Morgan fingerprint density at radius 1 is 1.26 bits per heavy atom. The second-order valence-corrected chi connectivity index (χ2v) is 6.48. The molecule has 1 aromatic rings. The molecule has 0 aliphatic carbocycles. The molecule has 0 atom stereocenters. The molecular weight excluding hydrogens is 262 g/mol. The van der Waals surface area contributed by atoms with E-state index in [-0.39, 0.29) is 0 Å². The van der Waals surface area contributed by atoms with E-state index < -0.39 is 10.2 Å². The molecule has 0 heterocycles. The summed E-state index contributed by atoms with van der Waals surface area (Å²) in [6.45, 7) is 5.16. The standard InChI is InChI=1S/C13H23N3O2S/c1-11-6-7-13(12(2)10-11)15-19(17,18)16(4)9-5-8-14-3/h6-7,10,14-15H,5,8-9H2,1-4H3. The Balaban J connectivity index is 2.73. The van der Waals surface area contributed by atoms with Gasteiger partial charge in [0.15, 0.2) is 0 Å². The fourth-order valence-electron chi connectivity index (χ4n) is 1.74. The highest BCUT2D eigenvalue weighted by atomic mass is 32.2. The van der Waals surface area contributed by atoms with Gasteiger partial charge in [0.25, 0.3) is 0 Å². The van der Waals surface area contributed by atoms with Crippen molar-refractivity contribution in [2.75, 3.05) is 31.9 Å². The largest absolute Gasteiger partial charge is 0.320 e. The maximum atomic E-state index is 12.1. The highest BCUT2D eigenvalue weighted by Gasteiger charge is 2.17. The van der Waals surface area contributed by atoms with Gasteiger partial charge in [0.05, 0.1) is 5.69 Å². The maximum absolute atomic E-state index is 12.1. The number of rotatable bonds is 7. The van der Waals surface area contributed by atoms with Gasteiger partial charge in [0.2, 0.25) is 0 Å². The topological polar surface area (TPSA) is 61.4 Å². The van der Waals surface area contributed by atoms with Crippen molar-refractivity contribution in [3.63, 3.8) is 0 Å². The van der Waals surface area contributed by atoms with E-state index in [1.165, 1.54) is 4.31 Å². The number of nitrogens with zero attached hydrogens (tertiary/aromatic N) is 1. The molecule has 0 amide bonds. The molecule has 0 aliphatic heterocycles. The number of nitrogens with one attached hydrogen (secondary N) is 2. The van der Waals surface area contributed by atoms with Crippen LogP contribution in [-0.2, 0) is 10.2 Å². The summed E-state index contributed by atoms with van der Waals surface area (Å²) in [4.78, 5) is 0. The lowest BCUT2D eigenvalue weighted by Crippen LogP contribution is -2.34. The third-order valence-corrected chi connectivity index (χ3v) is 4.41. The van der Waals surface area contributed by atoms with E-state index >= 15 is 0 Å². The van der Waals surface area contributed by atoms with E-state index in [0.29, 0.717) is 12.2 Å². The van der Waals surface area contributed by atoms with Crippen LogP contribution in [0.3, 0.4) is 0 Å². The predicted molar refractivity (Wildman–Crippen MR) is 79.6 cm³/mol. The van der Waals surface area contributed by atoms with Crippen LogP contribution < -0.4 is 10.0 Å². The van der Waals surface area contributed by atoms with E-state index in [9.17, 15) is 8.42 Å². The molecule has 0 saturated carbocycles. The average molecular weight is 285 g/mol. The van der Waals surface area contributed by atoms with Crippen LogP contribution in [0.4, 0.5) is 5.69 Å². The molecule has 0 radical (unpaired) electrons. The maximum Gasteiger partial charge on any atom is 0.301 e. The molecule has 0 aromatic heterocycles. The molecule has 0 bridgehead atoms. The van der Waals surface area contributed by atoms with Crippen LogP contribution >= 0.6 is 0 Å².